The van der Waals surface area contributed by atoms with Crippen molar-refractivity contribution in [1.82, 2.24) is 4.98 Å². The van der Waals surface area contributed by atoms with Gasteiger partial charge in [0.25, 0.3) is 0 Å². The van der Waals surface area contributed by atoms with E-state index in [1.807, 2.05) is 6.92 Å². The normalized spacial score (nSPS) is 11.2. The van der Waals surface area contributed by atoms with E-state index in [2.05, 4.69) is 65.8 Å². The number of aromatic nitrogens is 1. The van der Waals surface area contributed by atoms with Crippen molar-refractivity contribution in [2.24, 2.45) is 0 Å². The number of benzene rings is 2. The van der Waals surface area contributed by atoms with E-state index in [1.165, 1.54) is 16.0 Å². The summed E-state index contributed by atoms with van der Waals surface area (Å²) in [5.41, 5.74) is 6.54. The molecule has 0 amide bonds. The standard InChI is InChI=1S/C19H15NOS/c1-12-5-7-14(8-6-12)15-10-16(18-4-3-9-22-18)19-17(11-15)21-13(2)20-19/h3-11H,1-2H3. The van der Waals surface area contributed by atoms with Crippen molar-refractivity contribution in [3.05, 3.63) is 65.4 Å². The van der Waals surface area contributed by atoms with Gasteiger partial charge >= 0.3 is 0 Å². The van der Waals surface area contributed by atoms with E-state index in [-0.39, 0.29) is 0 Å². The maximum atomic E-state index is 5.79. The Hall–Kier alpha value is -2.39. The minimum atomic E-state index is 0.703. The van der Waals surface area contributed by atoms with Crippen LogP contribution in [0.3, 0.4) is 0 Å². The second-order valence-electron chi connectivity index (χ2n) is 5.45. The molecule has 0 saturated carbocycles. The summed E-state index contributed by atoms with van der Waals surface area (Å²) in [5.74, 6) is 0.703. The largest absolute Gasteiger partial charge is 0.441 e. The Morgan fingerprint density at radius 1 is 0.955 bits per heavy atom. The topological polar surface area (TPSA) is 26.0 Å². The molecule has 0 fully saturated rings. The van der Waals surface area contributed by atoms with E-state index < -0.39 is 0 Å². The SMILES string of the molecule is Cc1ccc(-c2cc(-c3cccs3)c3nc(C)oc3c2)cc1. The van der Waals surface area contributed by atoms with Crippen LogP contribution >= 0.6 is 11.3 Å². The highest BCUT2D eigenvalue weighted by molar-refractivity contribution is 7.13. The Morgan fingerprint density at radius 3 is 2.50 bits per heavy atom. The lowest BCUT2D eigenvalue weighted by atomic mass is 10.0. The van der Waals surface area contributed by atoms with E-state index in [1.54, 1.807) is 11.3 Å². The van der Waals surface area contributed by atoms with E-state index in [0.29, 0.717) is 5.89 Å². The third-order valence-electron chi connectivity index (χ3n) is 3.77. The molecule has 0 unspecified atom stereocenters. The zero-order chi connectivity index (χ0) is 15.1. The molecule has 108 valence electrons. The summed E-state index contributed by atoms with van der Waals surface area (Å²) in [4.78, 5) is 5.77. The maximum Gasteiger partial charge on any atom is 0.192 e. The number of oxazole rings is 1. The molecule has 0 spiro atoms. The third-order valence-corrected chi connectivity index (χ3v) is 4.68. The molecule has 0 aliphatic rings. The van der Waals surface area contributed by atoms with Crippen LogP contribution in [0.15, 0.2) is 58.3 Å². The quantitative estimate of drug-likeness (QED) is 0.465. The van der Waals surface area contributed by atoms with Crippen molar-refractivity contribution in [1.29, 1.82) is 0 Å². The number of nitrogens with zero attached hydrogens (tertiary/aromatic N) is 1. The summed E-state index contributed by atoms with van der Waals surface area (Å²) in [7, 11) is 0. The molecule has 0 radical (unpaired) electrons. The van der Waals surface area contributed by atoms with Gasteiger partial charge in [0, 0.05) is 17.4 Å². The van der Waals surface area contributed by atoms with Crippen LogP contribution in [0.2, 0.25) is 0 Å². The molecular weight excluding hydrogens is 290 g/mol. The van der Waals surface area contributed by atoms with Gasteiger partial charge in [0.05, 0.1) is 0 Å². The molecule has 2 aromatic heterocycles. The molecule has 22 heavy (non-hydrogen) atoms. The first-order chi connectivity index (χ1) is 10.7. The van der Waals surface area contributed by atoms with Gasteiger partial charge in [-0.3, -0.25) is 0 Å². The second kappa shape index (κ2) is 5.11. The summed E-state index contributed by atoms with van der Waals surface area (Å²) in [5, 5.41) is 2.09. The van der Waals surface area contributed by atoms with E-state index >= 15 is 0 Å². The molecule has 3 heteroatoms. The van der Waals surface area contributed by atoms with Crippen molar-refractivity contribution in [2.75, 3.05) is 0 Å². The first-order valence-corrected chi connectivity index (χ1v) is 8.11. The zero-order valence-corrected chi connectivity index (χ0v) is 13.3. The lowest BCUT2D eigenvalue weighted by Gasteiger charge is -2.06. The number of rotatable bonds is 2. The van der Waals surface area contributed by atoms with Crippen molar-refractivity contribution in [3.8, 4) is 21.6 Å². The molecule has 0 bridgehead atoms. The summed E-state index contributed by atoms with van der Waals surface area (Å²) in [6.07, 6.45) is 0. The van der Waals surface area contributed by atoms with Crippen molar-refractivity contribution < 1.29 is 4.42 Å². The predicted molar refractivity (Wildman–Crippen MR) is 92.2 cm³/mol. The number of hydrogen-bond acceptors (Lipinski definition) is 3. The van der Waals surface area contributed by atoms with Crippen LogP contribution in [-0.4, -0.2) is 4.98 Å². The summed E-state index contributed by atoms with van der Waals surface area (Å²) in [6.45, 7) is 3.99. The molecule has 0 aliphatic carbocycles. The lowest BCUT2D eigenvalue weighted by Crippen LogP contribution is -1.83. The van der Waals surface area contributed by atoms with E-state index in [4.69, 9.17) is 4.42 Å². The molecule has 4 rings (SSSR count). The maximum absolute atomic E-state index is 5.79. The Morgan fingerprint density at radius 2 is 1.77 bits per heavy atom. The molecule has 0 N–H and O–H groups in total. The molecule has 2 aromatic carbocycles. The Kier molecular flexibility index (Phi) is 3.09. The fourth-order valence-corrected chi connectivity index (χ4v) is 3.42. The van der Waals surface area contributed by atoms with Gasteiger partial charge in [-0.05, 0) is 41.6 Å². The van der Waals surface area contributed by atoms with Crippen LogP contribution < -0.4 is 0 Å². The molecule has 2 nitrogen and oxygen atoms in total. The van der Waals surface area contributed by atoms with Gasteiger partial charge in [0.1, 0.15) is 5.52 Å². The highest BCUT2D eigenvalue weighted by atomic mass is 32.1. The van der Waals surface area contributed by atoms with Gasteiger partial charge in [-0.2, -0.15) is 0 Å². The Labute approximate surface area is 133 Å². The highest BCUT2D eigenvalue weighted by Crippen LogP contribution is 2.36. The first kappa shape index (κ1) is 13.3. The van der Waals surface area contributed by atoms with Crippen molar-refractivity contribution in [3.63, 3.8) is 0 Å². The van der Waals surface area contributed by atoms with Gasteiger partial charge in [0.15, 0.2) is 11.5 Å². The molecule has 2 heterocycles. The van der Waals surface area contributed by atoms with Crippen LogP contribution in [-0.2, 0) is 0 Å². The number of thiophene rings is 1. The number of hydrogen-bond donors (Lipinski definition) is 0. The predicted octanol–water partition coefficient (Wildman–Crippen LogP) is 5.84. The Balaban J connectivity index is 1.99. The molecule has 0 saturated heterocycles. The monoisotopic (exact) mass is 305 g/mol. The molecular formula is C19H15NOS. The fraction of sp³-hybridized carbons (Fsp3) is 0.105. The van der Waals surface area contributed by atoms with Gasteiger partial charge in [-0.1, -0.05) is 35.9 Å². The second-order valence-corrected chi connectivity index (χ2v) is 6.39. The van der Waals surface area contributed by atoms with Crippen LogP contribution in [0.5, 0.6) is 0 Å². The van der Waals surface area contributed by atoms with Gasteiger partial charge in [0.2, 0.25) is 0 Å². The summed E-state index contributed by atoms with van der Waals surface area (Å²) < 4.78 is 5.79. The minimum Gasteiger partial charge on any atom is -0.441 e. The third kappa shape index (κ3) is 2.24. The van der Waals surface area contributed by atoms with Crippen LogP contribution in [0.1, 0.15) is 11.5 Å². The number of aryl methyl sites for hydroxylation is 2. The molecule has 0 atom stereocenters. The highest BCUT2D eigenvalue weighted by Gasteiger charge is 2.13. The van der Waals surface area contributed by atoms with E-state index in [9.17, 15) is 0 Å². The van der Waals surface area contributed by atoms with Crippen LogP contribution in [0, 0.1) is 13.8 Å². The zero-order valence-electron chi connectivity index (χ0n) is 12.5. The lowest BCUT2D eigenvalue weighted by molar-refractivity contribution is 0.561. The fourth-order valence-electron chi connectivity index (χ4n) is 2.67. The molecule has 0 aliphatic heterocycles. The summed E-state index contributed by atoms with van der Waals surface area (Å²) in [6, 6.07) is 17.1. The smallest absolute Gasteiger partial charge is 0.192 e. The average Bonchev–Trinajstić information content (AvgIpc) is 3.15. The van der Waals surface area contributed by atoms with E-state index in [0.717, 1.165) is 22.2 Å². The van der Waals surface area contributed by atoms with Crippen molar-refractivity contribution >= 4 is 22.4 Å². The summed E-state index contributed by atoms with van der Waals surface area (Å²) >= 11 is 1.72. The van der Waals surface area contributed by atoms with Crippen LogP contribution in [0.25, 0.3) is 32.7 Å². The number of fused-ring (bicyclic) bond motifs is 1. The average molecular weight is 305 g/mol. The van der Waals surface area contributed by atoms with Crippen molar-refractivity contribution in [2.45, 2.75) is 13.8 Å². The Bertz CT molecular complexity index is 934. The first-order valence-electron chi connectivity index (χ1n) is 7.23. The molecule has 4 aromatic rings. The van der Waals surface area contributed by atoms with Gasteiger partial charge < -0.3 is 4.42 Å². The van der Waals surface area contributed by atoms with Gasteiger partial charge in [-0.15, -0.1) is 11.3 Å². The van der Waals surface area contributed by atoms with Gasteiger partial charge in [-0.25, -0.2) is 4.98 Å². The van der Waals surface area contributed by atoms with Crippen LogP contribution in [0.4, 0.5) is 0 Å². The minimum absolute atomic E-state index is 0.703.